The third-order valence-corrected chi connectivity index (χ3v) is 6.61. The van der Waals surface area contributed by atoms with Crippen LogP contribution in [0.2, 0.25) is 0 Å². The molecule has 4 fully saturated rings. The van der Waals surface area contributed by atoms with Gasteiger partial charge in [-0.2, -0.15) is 0 Å². The molecule has 4 aliphatic rings. The van der Waals surface area contributed by atoms with E-state index in [2.05, 4.69) is 36.4 Å². The molecule has 0 atom stereocenters. The van der Waals surface area contributed by atoms with Crippen molar-refractivity contribution < 1.29 is 0 Å². The normalized spacial score (nSPS) is 34.7. The average molecular weight is 284 g/mol. The molecule has 0 amide bonds. The molecule has 0 aromatic heterocycles. The molecular formula is C22H20. The van der Waals surface area contributed by atoms with Gasteiger partial charge in [0.25, 0.3) is 0 Å². The largest absolute Gasteiger partial charge is 0.0537 e. The second-order valence-electron chi connectivity index (χ2n) is 7.58. The van der Waals surface area contributed by atoms with Gasteiger partial charge in [-0.25, -0.2) is 0 Å². The van der Waals surface area contributed by atoms with Crippen LogP contribution in [0.15, 0.2) is 36.4 Å². The zero-order valence-corrected chi connectivity index (χ0v) is 12.8. The molecule has 2 aromatic carbocycles. The monoisotopic (exact) mass is 284 g/mol. The van der Waals surface area contributed by atoms with E-state index in [1.54, 1.807) is 0 Å². The van der Waals surface area contributed by atoms with Crippen molar-refractivity contribution in [3.05, 3.63) is 71.8 Å². The summed E-state index contributed by atoms with van der Waals surface area (Å²) >= 11 is 0. The molecule has 0 spiro atoms. The number of hydrogen-bond donors (Lipinski definition) is 0. The van der Waals surface area contributed by atoms with Crippen molar-refractivity contribution in [3.63, 3.8) is 0 Å². The topological polar surface area (TPSA) is 0 Å². The lowest BCUT2D eigenvalue weighted by Crippen LogP contribution is -2.56. The molecule has 0 saturated heterocycles. The van der Waals surface area contributed by atoms with Crippen LogP contribution in [0.1, 0.15) is 43.2 Å². The maximum atomic E-state index is 3.57. The van der Waals surface area contributed by atoms with Crippen LogP contribution in [0, 0.1) is 47.9 Å². The molecule has 0 heteroatoms. The molecule has 0 N–H and O–H groups in total. The summed E-state index contributed by atoms with van der Waals surface area (Å²) < 4.78 is 0. The van der Waals surface area contributed by atoms with E-state index in [9.17, 15) is 0 Å². The van der Waals surface area contributed by atoms with E-state index in [0.29, 0.717) is 0 Å². The van der Waals surface area contributed by atoms with Crippen molar-refractivity contribution >= 4 is 0 Å². The first kappa shape index (κ1) is 12.9. The maximum Gasteiger partial charge on any atom is 0.0272 e. The molecule has 2 aromatic rings. The summed E-state index contributed by atoms with van der Waals surface area (Å²) in [6.45, 7) is 0. The Balaban J connectivity index is 1.74. The van der Waals surface area contributed by atoms with E-state index in [1.807, 2.05) is 24.3 Å². The molecule has 0 nitrogen and oxygen atoms in total. The second kappa shape index (κ2) is 4.72. The Hall–Kier alpha value is -1.56. The molecule has 0 aliphatic heterocycles. The summed E-state index contributed by atoms with van der Waals surface area (Å²) in [5.74, 6) is 3.44. The maximum absolute atomic E-state index is 3.57. The van der Waals surface area contributed by atoms with Gasteiger partial charge in [-0.3, -0.25) is 0 Å². The standard InChI is InChI=1S/C22H20/c1-3-7-18(8-4-1)22(19-9-5-2-6-10-19)20-12-16-11-17(14-20)15-21(22)13-16/h1-3,5,8,10,16-17,20-21H,11-15H2. The van der Waals surface area contributed by atoms with E-state index in [0.717, 1.165) is 23.7 Å². The van der Waals surface area contributed by atoms with Gasteiger partial charge in [-0.1, -0.05) is 24.3 Å². The SMILES string of the molecule is [c]1cc[c]c(C2(c3[c]cc[c]c3)C3CC4CC(C3)CC2C4)c1. The minimum atomic E-state index is 0.114. The Bertz CT molecular complexity index is 585. The Morgan fingerprint density at radius 2 is 1.18 bits per heavy atom. The molecule has 6 rings (SSSR count). The highest BCUT2D eigenvalue weighted by Crippen LogP contribution is 2.64. The van der Waals surface area contributed by atoms with Crippen molar-refractivity contribution in [1.82, 2.24) is 0 Å². The van der Waals surface area contributed by atoms with E-state index >= 15 is 0 Å². The van der Waals surface area contributed by atoms with Gasteiger partial charge in [0.15, 0.2) is 0 Å². The van der Waals surface area contributed by atoms with Crippen LogP contribution in [-0.4, -0.2) is 0 Å². The Morgan fingerprint density at radius 1 is 0.682 bits per heavy atom. The third kappa shape index (κ3) is 1.64. The van der Waals surface area contributed by atoms with Gasteiger partial charge in [0.2, 0.25) is 0 Å². The lowest BCUT2D eigenvalue weighted by Gasteiger charge is -2.61. The first-order valence-corrected chi connectivity index (χ1v) is 8.64. The zero-order valence-electron chi connectivity index (χ0n) is 12.8. The van der Waals surface area contributed by atoms with Gasteiger partial charge >= 0.3 is 0 Å². The summed E-state index contributed by atoms with van der Waals surface area (Å²) in [6.07, 6.45) is 7.03. The molecule has 22 heavy (non-hydrogen) atoms. The van der Waals surface area contributed by atoms with Crippen LogP contribution >= 0.6 is 0 Å². The average Bonchev–Trinajstić information content (AvgIpc) is 2.56. The summed E-state index contributed by atoms with van der Waals surface area (Å²) in [7, 11) is 0. The summed E-state index contributed by atoms with van der Waals surface area (Å²) in [6, 6.07) is 26.1. The van der Waals surface area contributed by atoms with Gasteiger partial charge in [0, 0.05) is 5.41 Å². The number of hydrogen-bond acceptors (Lipinski definition) is 0. The fourth-order valence-electron chi connectivity index (χ4n) is 6.14. The van der Waals surface area contributed by atoms with Crippen molar-refractivity contribution in [3.8, 4) is 0 Å². The first-order chi connectivity index (χ1) is 10.9. The second-order valence-corrected chi connectivity index (χ2v) is 7.58. The Labute approximate surface area is 133 Å². The van der Waals surface area contributed by atoms with Crippen molar-refractivity contribution in [2.75, 3.05) is 0 Å². The molecule has 4 bridgehead atoms. The lowest BCUT2D eigenvalue weighted by atomic mass is 9.42. The smallest absolute Gasteiger partial charge is 0.0272 e. The van der Waals surface area contributed by atoms with Crippen molar-refractivity contribution in [1.29, 1.82) is 0 Å². The third-order valence-electron chi connectivity index (χ3n) is 6.61. The highest BCUT2D eigenvalue weighted by Gasteiger charge is 2.58. The molecular weight excluding hydrogens is 264 g/mol. The lowest BCUT2D eigenvalue weighted by molar-refractivity contribution is -0.0420. The van der Waals surface area contributed by atoms with Gasteiger partial charge in [0.1, 0.15) is 0 Å². The predicted molar refractivity (Wildman–Crippen MR) is 86.1 cm³/mol. The van der Waals surface area contributed by atoms with Crippen LogP contribution in [0.4, 0.5) is 0 Å². The Morgan fingerprint density at radius 3 is 1.59 bits per heavy atom. The summed E-state index contributed by atoms with van der Waals surface area (Å²) in [4.78, 5) is 0. The molecule has 4 radical (unpaired) electrons. The minimum absolute atomic E-state index is 0.114. The number of rotatable bonds is 2. The summed E-state index contributed by atoms with van der Waals surface area (Å²) in [5, 5.41) is 0. The molecule has 4 aliphatic carbocycles. The summed E-state index contributed by atoms with van der Waals surface area (Å²) in [5.41, 5.74) is 2.81. The predicted octanol–water partition coefficient (Wildman–Crippen LogP) is 4.63. The van der Waals surface area contributed by atoms with Crippen molar-refractivity contribution in [2.45, 2.75) is 37.5 Å². The van der Waals surface area contributed by atoms with E-state index < -0.39 is 0 Å². The van der Waals surface area contributed by atoms with Crippen LogP contribution in [-0.2, 0) is 5.41 Å². The van der Waals surface area contributed by atoms with Gasteiger partial charge in [-0.15, -0.1) is 0 Å². The van der Waals surface area contributed by atoms with Crippen LogP contribution in [0.3, 0.4) is 0 Å². The zero-order chi connectivity index (χ0) is 14.6. The van der Waals surface area contributed by atoms with Gasteiger partial charge in [-0.05, 0) is 103 Å². The van der Waals surface area contributed by atoms with Crippen LogP contribution in [0.5, 0.6) is 0 Å². The van der Waals surface area contributed by atoms with Gasteiger partial charge < -0.3 is 0 Å². The highest BCUT2D eigenvalue weighted by molar-refractivity contribution is 5.42. The minimum Gasteiger partial charge on any atom is -0.0537 e. The Kier molecular flexibility index (Phi) is 2.77. The fourth-order valence-corrected chi connectivity index (χ4v) is 6.14. The molecule has 0 unspecified atom stereocenters. The fraction of sp³-hybridized carbons (Fsp3) is 0.455. The highest BCUT2D eigenvalue weighted by atomic mass is 14.6. The van der Waals surface area contributed by atoms with E-state index in [-0.39, 0.29) is 5.41 Å². The van der Waals surface area contributed by atoms with Crippen LogP contribution in [0.25, 0.3) is 0 Å². The first-order valence-electron chi connectivity index (χ1n) is 8.64. The van der Waals surface area contributed by atoms with E-state index in [4.69, 9.17) is 0 Å². The van der Waals surface area contributed by atoms with Crippen molar-refractivity contribution in [2.24, 2.45) is 23.7 Å². The number of benzene rings is 2. The van der Waals surface area contributed by atoms with Crippen LogP contribution < -0.4 is 0 Å². The quantitative estimate of drug-likeness (QED) is 0.754. The molecule has 0 heterocycles. The van der Waals surface area contributed by atoms with Gasteiger partial charge in [0.05, 0.1) is 0 Å². The van der Waals surface area contributed by atoms with E-state index in [1.165, 1.54) is 43.2 Å². The molecule has 4 saturated carbocycles. The molecule has 108 valence electrons.